The molecule has 26 heavy (non-hydrogen) atoms. The lowest BCUT2D eigenvalue weighted by atomic mass is 10.1. The summed E-state index contributed by atoms with van der Waals surface area (Å²) in [4.78, 5) is 36.6. The summed E-state index contributed by atoms with van der Waals surface area (Å²) in [6.45, 7) is 0.885. The van der Waals surface area contributed by atoms with Crippen LogP contribution in [0.5, 0.6) is 0 Å². The molecule has 0 saturated carbocycles. The molecule has 0 aliphatic carbocycles. The fourth-order valence-corrected chi connectivity index (χ4v) is 2.71. The summed E-state index contributed by atoms with van der Waals surface area (Å²) < 4.78 is 42.2. The molecule has 2 rings (SSSR count). The van der Waals surface area contributed by atoms with Crippen molar-refractivity contribution in [3.63, 3.8) is 0 Å². The molecule has 0 aliphatic heterocycles. The number of aryl methyl sites for hydroxylation is 1. The van der Waals surface area contributed by atoms with Crippen LogP contribution in [0, 0.1) is 6.92 Å². The van der Waals surface area contributed by atoms with Crippen LogP contribution in [0.2, 0.25) is 0 Å². The lowest BCUT2D eigenvalue weighted by molar-refractivity contribution is -0.141. The van der Waals surface area contributed by atoms with Crippen LogP contribution < -0.4 is 5.32 Å². The van der Waals surface area contributed by atoms with E-state index in [0.29, 0.717) is 4.88 Å². The molecule has 0 spiro atoms. The number of ketones is 1. The first-order valence-electron chi connectivity index (χ1n) is 7.37. The van der Waals surface area contributed by atoms with Crippen molar-refractivity contribution >= 4 is 29.0 Å². The summed E-state index contributed by atoms with van der Waals surface area (Å²) in [6.07, 6.45) is -4.49. The number of carbonyl (C=O) groups is 3. The number of Topliss-reactive ketones (excluding diaryl/α,β-unsaturated/α-hetero) is 1. The van der Waals surface area contributed by atoms with Crippen molar-refractivity contribution in [2.45, 2.75) is 13.1 Å². The second kappa shape index (κ2) is 8.13. The summed E-state index contributed by atoms with van der Waals surface area (Å²) in [7, 11) is 0. The number of amides is 1. The van der Waals surface area contributed by atoms with E-state index in [2.05, 4.69) is 5.32 Å². The van der Waals surface area contributed by atoms with Gasteiger partial charge in [-0.05, 0) is 43.3 Å². The predicted molar refractivity (Wildman–Crippen MR) is 88.1 cm³/mol. The van der Waals surface area contributed by atoms with E-state index in [9.17, 15) is 27.6 Å². The van der Waals surface area contributed by atoms with E-state index in [1.165, 1.54) is 11.3 Å². The second-order valence-corrected chi connectivity index (χ2v) is 6.54. The van der Waals surface area contributed by atoms with Crippen LogP contribution in [-0.4, -0.2) is 30.8 Å². The highest BCUT2D eigenvalue weighted by molar-refractivity contribution is 7.14. The zero-order valence-corrected chi connectivity index (χ0v) is 14.4. The van der Waals surface area contributed by atoms with E-state index < -0.39 is 36.8 Å². The van der Waals surface area contributed by atoms with Crippen LogP contribution in [0.25, 0.3) is 0 Å². The Hall–Kier alpha value is -2.68. The third-order valence-corrected chi connectivity index (χ3v) is 4.29. The third-order valence-electron chi connectivity index (χ3n) is 3.25. The van der Waals surface area contributed by atoms with Gasteiger partial charge in [-0.1, -0.05) is 0 Å². The first-order chi connectivity index (χ1) is 12.2. The van der Waals surface area contributed by atoms with Gasteiger partial charge in [0, 0.05) is 10.4 Å². The molecule has 5 nitrogen and oxygen atoms in total. The molecule has 0 fully saturated rings. The fraction of sp³-hybridized carbons (Fsp3) is 0.235. The zero-order valence-electron chi connectivity index (χ0n) is 13.6. The van der Waals surface area contributed by atoms with Crippen molar-refractivity contribution in [3.05, 3.63) is 57.3 Å². The molecule has 0 bridgehead atoms. The van der Waals surface area contributed by atoms with Crippen molar-refractivity contribution < 1.29 is 32.3 Å². The maximum absolute atomic E-state index is 12.5. The van der Waals surface area contributed by atoms with Gasteiger partial charge in [-0.15, -0.1) is 11.3 Å². The molecular weight excluding hydrogens is 371 g/mol. The van der Waals surface area contributed by atoms with E-state index in [-0.39, 0.29) is 11.3 Å². The quantitative estimate of drug-likeness (QED) is 0.612. The van der Waals surface area contributed by atoms with Gasteiger partial charge in [-0.25, -0.2) is 0 Å². The smallest absolute Gasteiger partial charge is 0.416 e. The van der Waals surface area contributed by atoms with Gasteiger partial charge in [0.05, 0.1) is 10.4 Å². The van der Waals surface area contributed by atoms with Crippen molar-refractivity contribution in [1.29, 1.82) is 0 Å². The van der Waals surface area contributed by atoms with Crippen LogP contribution in [-0.2, 0) is 15.7 Å². The Kier molecular flexibility index (Phi) is 6.14. The minimum atomic E-state index is -4.49. The van der Waals surface area contributed by atoms with Gasteiger partial charge in [0.15, 0.2) is 6.61 Å². The minimum absolute atomic E-state index is 0.0315. The lowest BCUT2D eigenvalue weighted by Crippen LogP contribution is -2.31. The number of thiophene rings is 1. The van der Waals surface area contributed by atoms with Gasteiger partial charge < -0.3 is 10.1 Å². The van der Waals surface area contributed by atoms with Crippen molar-refractivity contribution in [2.24, 2.45) is 0 Å². The molecule has 0 aliphatic rings. The van der Waals surface area contributed by atoms with Crippen molar-refractivity contribution in [1.82, 2.24) is 5.32 Å². The molecular formula is C17H14F3NO4S. The number of rotatable bonds is 6. The highest BCUT2D eigenvalue weighted by atomic mass is 32.1. The summed E-state index contributed by atoms with van der Waals surface area (Å²) in [5.74, 6) is -1.91. The van der Waals surface area contributed by atoms with Crippen molar-refractivity contribution in [3.8, 4) is 0 Å². The molecule has 1 N–H and O–H groups in total. The van der Waals surface area contributed by atoms with Gasteiger partial charge in [0.2, 0.25) is 5.78 Å². The molecule has 0 unspecified atom stereocenters. The second-order valence-electron chi connectivity index (χ2n) is 5.25. The van der Waals surface area contributed by atoms with E-state index in [4.69, 9.17) is 4.74 Å². The number of nitrogens with one attached hydrogen (secondary N) is 1. The molecule has 1 amide bonds. The summed E-state index contributed by atoms with van der Waals surface area (Å²) in [5, 5.41) is 2.22. The number of halogens is 3. The van der Waals surface area contributed by atoms with Gasteiger partial charge in [0.1, 0.15) is 6.54 Å². The summed E-state index contributed by atoms with van der Waals surface area (Å²) in [5.41, 5.74) is -0.910. The van der Waals surface area contributed by atoms with Gasteiger partial charge in [-0.3, -0.25) is 14.4 Å². The molecule has 0 saturated heterocycles. The number of hydrogen-bond acceptors (Lipinski definition) is 5. The van der Waals surface area contributed by atoms with Crippen LogP contribution >= 0.6 is 11.3 Å². The molecule has 1 aromatic carbocycles. The number of hydrogen-bond donors (Lipinski definition) is 1. The predicted octanol–water partition coefficient (Wildman–Crippen LogP) is 3.23. The molecule has 0 radical (unpaired) electrons. The van der Waals surface area contributed by atoms with Gasteiger partial charge in [0.25, 0.3) is 5.91 Å². The van der Waals surface area contributed by atoms with E-state index >= 15 is 0 Å². The average Bonchev–Trinajstić information content (AvgIpc) is 3.03. The van der Waals surface area contributed by atoms with E-state index in [1.54, 1.807) is 12.1 Å². The SMILES string of the molecule is Cc1ccc(C(=O)COC(=O)CNC(=O)c2ccc(C(F)(F)F)cc2)s1. The fourth-order valence-electron chi connectivity index (χ4n) is 1.92. The number of esters is 1. The first kappa shape index (κ1) is 19.6. The maximum atomic E-state index is 12.5. The molecule has 9 heteroatoms. The lowest BCUT2D eigenvalue weighted by Gasteiger charge is -2.08. The average molecular weight is 385 g/mol. The van der Waals surface area contributed by atoms with Crippen LogP contribution in [0.3, 0.4) is 0 Å². The Bertz CT molecular complexity index is 812. The molecule has 2 aromatic rings. The Morgan fingerprint density at radius 2 is 1.73 bits per heavy atom. The molecule has 138 valence electrons. The number of carbonyl (C=O) groups excluding carboxylic acids is 3. The number of alkyl halides is 3. The van der Waals surface area contributed by atoms with Crippen LogP contribution in [0.15, 0.2) is 36.4 Å². The zero-order chi connectivity index (χ0) is 19.3. The number of benzene rings is 1. The monoisotopic (exact) mass is 385 g/mol. The Morgan fingerprint density at radius 1 is 1.08 bits per heavy atom. The highest BCUT2D eigenvalue weighted by Gasteiger charge is 2.30. The summed E-state index contributed by atoms with van der Waals surface area (Å²) in [6, 6.07) is 6.95. The highest BCUT2D eigenvalue weighted by Crippen LogP contribution is 2.29. The summed E-state index contributed by atoms with van der Waals surface area (Å²) >= 11 is 1.28. The van der Waals surface area contributed by atoms with Crippen molar-refractivity contribution in [2.75, 3.05) is 13.2 Å². The standard InChI is InChI=1S/C17H14F3NO4S/c1-10-2-7-14(26-10)13(22)9-25-15(23)8-21-16(24)11-3-5-12(6-4-11)17(18,19)20/h2-7H,8-9H2,1H3,(H,21,24). The van der Waals surface area contributed by atoms with E-state index in [1.807, 2.05) is 6.92 Å². The topological polar surface area (TPSA) is 72.5 Å². The Morgan fingerprint density at radius 3 is 2.27 bits per heavy atom. The van der Waals surface area contributed by atoms with Gasteiger partial charge >= 0.3 is 12.1 Å². The normalized spacial score (nSPS) is 11.1. The molecule has 1 aromatic heterocycles. The number of ether oxygens (including phenoxy) is 1. The molecule has 0 atom stereocenters. The Balaban J connectivity index is 1.79. The molecule has 1 heterocycles. The van der Waals surface area contributed by atoms with Crippen LogP contribution in [0.1, 0.15) is 30.5 Å². The third kappa shape index (κ3) is 5.41. The van der Waals surface area contributed by atoms with Gasteiger partial charge in [-0.2, -0.15) is 13.2 Å². The maximum Gasteiger partial charge on any atom is 0.416 e. The van der Waals surface area contributed by atoms with Crippen LogP contribution in [0.4, 0.5) is 13.2 Å². The largest absolute Gasteiger partial charge is 0.456 e. The Labute approximate surface area is 150 Å². The van der Waals surface area contributed by atoms with E-state index in [0.717, 1.165) is 29.1 Å². The minimum Gasteiger partial charge on any atom is -0.456 e. The first-order valence-corrected chi connectivity index (χ1v) is 8.19.